The minimum atomic E-state index is -1.34. The van der Waals surface area contributed by atoms with Gasteiger partial charge >= 0.3 is 6.03 Å². The fourth-order valence-electron chi connectivity index (χ4n) is 3.28. The van der Waals surface area contributed by atoms with Crippen LogP contribution in [0.1, 0.15) is 18.1 Å². The lowest BCUT2D eigenvalue weighted by Gasteiger charge is -2.23. The number of rotatable bonds is 7. The number of carbonyl (C=O) groups excluding carboxylic acids is 3. The van der Waals surface area contributed by atoms with E-state index in [0.717, 1.165) is 0 Å². The minimum absolute atomic E-state index is 0.0721. The molecule has 4 amide bonds. The zero-order valence-electron chi connectivity index (χ0n) is 17.2. The Morgan fingerprint density at radius 2 is 1.94 bits per heavy atom. The Hall–Kier alpha value is -3.17. The number of amides is 4. The fraction of sp³-hybridized carbons (Fsp3) is 0.286. The number of hydrazine groups is 1. The van der Waals surface area contributed by atoms with Crippen molar-refractivity contribution in [2.24, 2.45) is 0 Å². The van der Waals surface area contributed by atoms with E-state index in [1.54, 1.807) is 44.3 Å². The van der Waals surface area contributed by atoms with E-state index in [9.17, 15) is 18.8 Å². The van der Waals surface area contributed by atoms with Crippen molar-refractivity contribution in [1.29, 1.82) is 0 Å². The third-order valence-electron chi connectivity index (χ3n) is 5.00. The Balaban J connectivity index is 1.65. The van der Waals surface area contributed by atoms with Crippen molar-refractivity contribution < 1.29 is 23.5 Å². The smallest absolute Gasteiger partial charge is 0.344 e. The van der Waals surface area contributed by atoms with Crippen LogP contribution >= 0.6 is 11.6 Å². The summed E-state index contributed by atoms with van der Waals surface area (Å²) in [6, 6.07) is 10.2. The molecule has 2 aromatic carbocycles. The van der Waals surface area contributed by atoms with Gasteiger partial charge in [0.25, 0.3) is 11.8 Å². The van der Waals surface area contributed by atoms with Gasteiger partial charge < -0.3 is 10.1 Å². The topological polar surface area (TPSA) is 91.0 Å². The number of hydrogen-bond donors (Lipinski definition) is 2. The van der Waals surface area contributed by atoms with Crippen molar-refractivity contribution in [3.8, 4) is 5.75 Å². The molecule has 0 unspecified atom stereocenters. The molecule has 2 aromatic rings. The number of ether oxygens (including phenoxy) is 1. The Bertz CT molecular complexity index is 997. The molecule has 0 spiro atoms. The molecule has 0 aliphatic carbocycles. The average molecular weight is 449 g/mol. The first-order valence-corrected chi connectivity index (χ1v) is 9.75. The maximum absolute atomic E-state index is 13.9. The first kappa shape index (κ1) is 22.5. The summed E-state index contributed by atoms with van der Waals surface area (Å²) in [5, 5.41) is 3.49. The molecule has 1 heterocycles. The van der Waals surface area contributed by atoms with Gasteiger partial charge in [0, 0.05) is 17.1 Å². The number of hydrogen-bond acceptors (Lipinski definition) is 5. The molecule has 164 valence electrons. The van der Waals surface area contributed by atoms with Crippen molar-refractivity contribution >= 4 is 29.4 Å². The third kappa shape index (κ3) is 4.62. The van der Waals surface area contributed by atoms with Crippen LogP contribution in [0.15, 0.2) is 42.5 Å². The van der Waals surface area contributed by atoms with Crippen LogP contribution < -0.4 is 15.5 Å². The monoisotopic (exact) mass is 448 g/mol. The van der Waals surface area contributed by atoms with E-state index in [1.807, 2.05) is 0 Å². The van der Waals surface area contributed by atoms with E-state index in [1.165, 1.54) is 24.1 Å². The average Bonchev–Trinajstić information content (AvgIpc) is 2.94. The summed E-state index contributed by atoms with van der Waals surface area (Å²) in [7, 11) is 3.11. The minimum Gasteiger partial charge on any atom is -0.497 e. The number of halogens is 2. The molecule has 31 heavy (non-hydrogen) atoms. The lowest BCUT2D eigenvalue weighted by molar-refractivity contribution is -0.139. The van der Waals surface area contributed by atoms with E-state index in [-0.39, 0.29) is 23.7 Å². The highest BCUT2D eigenvalue weighted by Gasteiger charge is 2.50. The lowest BCUT2D eigenvalue weighted by atomic mass is 9.92. The number of methoxy groups -OCH3 is 1. The summed E-state index contributed by atoms with van der Waals surface area (Å²) in [6.07, 6.45) is 0. The quantitative estimate of drug-likeness (QED) is 0.635. The highest BCUT2D eigenvalue weighted by atomic mass is 35.5. The van der Waals surface area contributed by atoms with Crippen molar-refractivity contribution in [1.82, 2.24) is 20.7 Å². The Morgan fingerprint density at radius 1 is 1.26 bits per heavy atom. The zero-order valence-corrected chi connectivity index (χ0v) is 18.0. The van der Waals surface area contributed by atoms with E-state index in [2.05, 4.69) is 10.7 Å². The first-order chi connectivity index (χ1) is 14.7. The van der Waals surface area contributed by atoms with Gasteiger partial charge in [0.15, 0.2) is 0 Å². The predicted octanol–water partition coefficient (Wildman–Crippen LogP) is 2.42. The fourth-order valence-corrected chi connectivity index (χ4v) is 3.50. The third-order valence-corrected chi connectivity index (χ3v) is 5.35. The van der Waals surface area contributed by atoms with E-state index < -0.39 is 29.2 Å². The van der Waals surface area contributed by atoms with Gasteiger partial charge in [-0.3, -0.25) is 19.9 Å². The van der Waals surface area contributed by atoms with Gasteiger partial charge in [0.05, 0.1) is 13.7 Å². The van der Waals surface area contributed by atoms with Crippen molar-refractivity contribution in [2.75, 3.05) is 20.7 Å². The van der Waals surface area contributed by atoms with Gasteiger partial charge in [-0.05, 0) is 43.8 Å². The van der Waals surface area contributed by atoms with Gasteiger partial charge in [0.2, 0.25) is 0 Å². The van der Waals surface area contributed by atoms with Crippen LogP contribution in [0.3, 0.4) is 0 Å². The summed E-state index contributed by atoms with van der Waals surface area (Å²) in [4.78, 5) is 39.2. The van der Waals surface area contributed by atoms with Crippen molar-refractivity contribution in [3.63, 3.8) is 0 Å². The Morgan fingerprint density at radius 3 is 2.55 bits per heavy atom. The van der Waals surface area contributed by atoms with Gasteiger partial charge in [-0.2, -0.15) is 5.01 Å². The lowest BCUT2D eigenvalue weighted by Crippen LogP contribution is -2.50. The second-order valence-corrected chi connectivity index (χ2v) is 7.74. The Labute approximate surface area is 183 Å². The summed E-state index contributed by atoms with van der Waals surface area (Å²) in [5.74, 6) is -1.12. The SMILES string of the molecule is COc1ccc([C@]2(C)NC(=O)N(NC(=O)CN(C)Cc3c(F)cccc3Cl)C2=O)cc1. The number of benzene rings is 2. The number of likely N-dealkylation sites (N-methyl/N-ethyl adjacent to an activating group) is 1. The van der Waals surface area contributed by atoms with Gasteiger partial charge in [-0.25, -0.2) is 9.18 Å². The maximum atomic E-state index is 13.9. The molecule has 10 heteroatoms. The number of nitrogens with zero attached hydrogens (tertiary/aromatic N) is 2. The maximum Gasteiger partial charge on any atom is 0.344 e. The molecule has 1 aliphatic heterocycles. The molecular weight excluding hydrogens is 427 g/mol. The molecule has 0 aromatic heterocycles. The highest BCUT2D eigenvalue weighted by molar-refractivity contribution is 6.31. The molecule has 1 saturated heterocycles. The number of imide groups is 1. The number of urea groups is 1. The number of nitrogens with one attached hydrogen (secondary N) is 2. The molecule has 1 fully saturated rings. The van der Waals surface area contributed by atoms with Crippen LogP contribution in [0.25, 0.3) is 0 Å². The van der Waals surface area contributed by atoms with Crippen LogP contribution in [0.5, 0.6) is 5.75 Å². The molecular formula is C21H22ClFN4O4. The molecule has 8 nitrogen and oxygen atoms in total. The standard InChI is InChI=1S/C21H22ClFN4O4/c1-21(13-7-9-14(31-3)10-8-13)19(29)27(20(30)24-21)25-18(28)12-26(2)11-15-16(22)5-4-6-17(15)23/h4-10H,11-12H2,1-3H3,(H,24,30)(H,25,28)/t21-/m0/s1. The van der Waals surface area contributed by atoms with Crippen LogP contribution in [0, 0.1) is 5.82 Å². The summed E-state index contributed by atoms with van der Waals surface area (Å²) < 4.78 is 19.1. The number of carbonyl (C=O) groups is 3. The summed E-state index contributed by atoms with van der Waals surface area (Å²) in [6.45, 7) is 1.43. The van der Waals surface area contributed by atoms with Crippen LogP contribution in [-0.4, -0.2) is 48.5 Å². The van der Waals surface area contributed by atoms with Crippen LogP contribution in [0.2, 0.25) is 5.02 Å². The van der Waals surface area contributed by atoms with Crippen molar-refractivity contribution in [2.45, 2.75) is 19.0 Å². The molecule has 1 aliphatic rings. The molecule has 3 rings (SSSR count). The molecule has 0 saturated carbocycles. The molecule has 0 bridgehead atoms. The normalized spacial score (nSPS) is 18.3. The first-order valence-electron chi connectivity index (χ1n) is 9.38. The highest BCUT2D eigenvalue weighted by Crippen LogP contribution is 2.29. The second kappa shape index (κ2) is 8.91. The molecule has 1 atom stereocenters. The van der Waals surface area contributed by atoms with Gasteiger partial charge in [-0.15, -0.1) is 0 Å². The van der Waals surface area contributed by atoms with E-state index >= 15 is 0 Å². The van der Waals surface area contributed by atoms with Crippen LogP contribution in [-0.2, 0) is 21.7 Å². The predicted molar refractivity (Wildman–Crippen MR) is 112 cm³/mol. The van der Waals surface area contributed by atoms with Crippen LogP contribution in [0.4, 0.5) is 9.18 Å². The second-order valence-electron chi connectivity index (χ2n) is 7.33. The molecule has 0 radical (unpaired) electrons. The van der Waals surface area contributed by atoms with Gasteiger partial charge in [-0.1, -0.05) is 29.8 Å². The van der Waals surface area contributed by atoms with E-state index in [4.69, 9.17) is 16.3 Å². The van der Waals surface area contributed by atoms with Gasteiger partial charge in [0.1, 0.15) is 17.1 Å². The largest absolute Gasteiger partial charge is 0.497 e. The molecule has 2 N–H and O–H groups in total. The zero-order chi connectivity index (χ0) is 22.8. The summed E-state index contributed by atoms with van der Waals surface area (Å²) >= 11 is 6.01. The summed E-state index contributed by atoms with van der Waals surface area (Å²) in [5.41, 5.74) is 1.76. The Kier molecular flexibility index (Phi) is 6.47. The van der Waals surface area contributed by atoms with Crippen molar-refractivity contribution in [3.05, 3.63) is 64.4 Å². The van der Waals surface area contributed by atoms with E-state index in [0.29, 0.717) is 16.3 Å².